The number of hydrogen-bond acceptors (Lipinski definition) is 4. The van der Waals surface area contributed by atoms with Gasteiger partial charge in [0.2, 0.25) is 0 Å². The summed E-state index contributed by atoms with van der Waals surface area (Å²) in [5, 5.41) is 0. The number of nitrogens with zero attached hydrogens (tertiary/aromatic N) is 4. The second kappa shape index (κ2) is 26.2. The van der Waals surface area contributed by atoms with E-state index in [1.807, 2.05) is 0 Å². The van der Waals surface area contributed by atoms with Crippen LogP contribution < -0.4 is 0 Å². The van der Waals surface area contributed by atoms with Crippen molar-refractivity contribution in [2.75, 3.05) is 0 Å². The van der Waals surface area contributed by atoms with Gasteiger partial charge in [0.15, 0.2) is 0 Å². The maximum absolute atomic E-state index is 5.65. The first-order valence-electron chi connectivity index (χ1n) is 33.0. The topological polar surface area (TPSA) is 115 Å². The van der Waals surface area contributed by atoms with Gasteiger partial charge >= 0.3 is 0 Å². The van der Waals surface area contributed by atoms with Gasteiger partial charge in [-0.05, 0) is 264 Å². The highest BCUT2D eigenvalue weighted by atomic mass is 14.8. The third kappa shape index (κ3) is 10.5. The Hall–Kier alpha value is -8.12. The standard InChI is InChI=1S/C78H90N8/c1-17-45-49(21-5)67-41-71-53(25-9)57(29-13)75(83-71)61(76-58(30-14)54(26-10)72(84-76)42-68-50(22-6)46(18-2)64(80-68)39-63(45)79-67)37-35-33-34-36-38-62-77-59(31-15)55(27-11)73(85-77)43-69-51(23-7)47(19-3)65(81-69)40-66-48(20-4)52(24-8)70(82-66)44-74-56(28-12)60(32-16)78(62)86-74/h39-44,79,81,83,86H,17-32H2,1-16H3. The van der Waals surface area contributed by atoms with Gasteiger partial charge in [0.05, 0.1) is 67.7 Å². The van der Waals surface area contributed by atoms with Crippen LogP contribution in [-0.2, 0) is 51.4 Å². The van der Waals surface area contributed by atoms with Crippen molar-refractivity contribution in [3.63, 3.8) is 0 Å². The fourth-order valence-electron chi connectivity index (χ4n) is 14.9. The zero-order valence-electron chi connectivity index (χ0n) is 54.6. The summed E-state index contributed by atoms with van der Waals surface area (Å²) in [6.07, 6.45) is 13.9. The van der Waals surface area contributed by atoms with E-state index in [-0.39, 0.29) is 0 Å². The van der Waals surface area contributed by atoms with Crippen molar-refractivity contribution in [3.8, 4) is 35.5 Å². The number of H-pyrrole nitrogens is 4. The van der Waals surface area contributed by atoms with E-state index in [0.29, 0.717) is 0 Å². The summed E-state index contributed by atoms with van der Waals surface area (Å²) in [5.74, 6) is 20.7. The number of fused-ring (bicyclic) bond motifs is 16. The molecule has 16 bridgehead atoms. The van der Waals surface area contributed by atoms with E-state index in [2.05, 4.69) is 203 Å². The highest BCUT2D eigenvalue weighted by molar-refractivity contribution is 6.00. The van der Waals surface area contributed by atoms with E-state index < -0.39 is 0 Å². The minimum Gasteiger partial charge on any atom is -0.355 e. The summed E-state index contributed by atoms with van der Waals surface area (Å²) in [7, 11) is 0. The average Bonchev–Trinajstić information content (AvgIpc) is 1.89. The lowest BCUT2D eigenvalue weighted by atomic mass is 9.95. The lowest BCUT2D eigenvalue weighted by molar-refractivity contribution is 1.07. The molecule has 10 heterocycles. The summed E-state index contributed by atoms with van der Waals surface area (Å²) in [4.78, 5) is 38.1. The van der Waals surface area contributed by atoms with Crippen molar-refractivity contribution >= 4 is 88.7 Å². The van der Waals surface area contributed by atoms with Crippen LogP contribution in [0.25, 0.3) is 88.7 Å². The van der Waals surface area contributed by atoms with Gasteiger partial charge in [-0.25, -0.2) is 19.9 Å². The molecule has 10 rings (SSSR count). The molecule has 0 unspecified atom stereocenters. The maximum atomic E-state index is 5.65. The second-order valence-electron chi connectivity index (χ2n) is 22.9. The first kappa shape index (κ1) is 61.0. The second-order valence-corrected chi connectivity index (χ2v) is 22.9. The minimum atomic E-state index is 0.807. The number of hydrogen-bond donors (Lipinski definition) is 4. The predicted octanol–water partition coefficient (Wildman–Crippen LogP) is 19.8. The number of nitrogens with one attached hydrogen (secondary N) is 4. The fraction of sp³-hybridized carbons (Fsp3) is 0.410. The summed E-state index contributed by atoms with van der Waals surface area (Å²) in [6.45, 7) is 36.2. The molecular formula is C78H90N8. The Bertz CT molecular complexity index is 4400. The summed E-state index contributed by atoms with van der Waals surface area (Å²) in [5.41, 5.74) is 39.0. The molecule has 0 aromatic carbocycles. The van der Waals surface area contributed by atoms with E-state index in [1.165, 1.54) is 89.1 Å². The molecule has 0 spiro atoms. The number of rotatable bonds is 16. The van der Waals surface area contributed by atoms with Gasteiger partial charge in [0, 0.05) is 33.1 Å². The third-order valence-corrected chi connectivity index (χ3v) is 18.8. The van der Waals surface area contributed by atoms with Crippen molar-refractivity contribution in [1.29, 1.82) is 0 Å². The molecule has 0 amide bonds. The first-order chi connectivity index (χ1) is 41.9. The lowest BCUT2D eigenvalue weighted by Crippen LogP contribution is -1.93. The quantitative estimate of drug-likeness (QED) is 0.0723. The van der Waals surface area contributed by atoms with Gasteiger partial charge < -0.3 is 19.9 Å². The van der Waals surface area contributed by atoms with Crippen LogP contribution in [0.1, 0.15) is 263 Å². The molecule has 0 radical (unpaired) electrons. The highest BCUT2D eigenvalue weighted by Gasteiger charge is 2.28. The number of allylic oxidation sites excluding steroid dienone is 8. The van der Waals surface area contributed by atoms with Crippen molar-refractivity contribution in [1.82, 2.24) is 39.9 Å². The van der Waals surface area contributed by atoms with Gasteiger partial charge in [-0.15, -0.1) is 0 Å². The van der Waals surface area contributed by atoms with E-state index in [0.717, 1.165) is 204 Å². The molecule has 0 saturated carbocycles. The molecule has 4 N–H and O–H groups in total. The molecule has 442 valence electrons. The van der Waals surface area contributed by atoms with Crippen molar-refractivity contribution in [3.05, 3.63) is 138 Å². The van der Waals surface area contributed by atoms with Crippen LogP contribution >= 0.6 is 0 Å². The third-order valence-electron chi connectivity index (χ3n) is 18.8. The lowest BCUT2D eigenvalue weighted by Gasteiger charge is -2.06. The molecule has 6 aromatic rings. The van der Waals surface area contributed by atoms with Crippen LogP contribution in [0, 0.1) is 35.5 Å². The number of aryl methyl sites for hydroxylation is 8. The summed E-state index contributed by atoms with van der Waals surface area (Å²) < 4.78 is 0. The zero-order chi connectivity index (χ0) is 61.1. The molecule has 4 aliphatic rings. The summed E-state index contributed by atoms with van der Waals surface area (Å²) >= 11 is 0. The summed E-state index contributed by atoms with van der Waals surface area (Å²) in [6, 6.07) is 13.8. The Balaban J connectivity index is 1.28. The molecule has 6 aromatic heterocycles. The van der Waals surface area contributed by atoms with Crippen molar-refractivity contribution in [2.24, 2.45) is 0 Å². The van der Waals surface area contributed by atoms with Crippen molar-refractivity contribution in [2.45, 2.75) is 214 Å². The average molecular weight is 1140 g/mol. The van der Waals surface area contributed by atoms with Gasteiger partial charge in [-0.3, -0.25) is 0 Å². The van der Waals surface area contributed by atoms with Crippen LogP contribution in [0.4, 0.5) is 0 Å². The number of aromatic amines is 4. The molecule has 0 atom stereocenters. The Morgan fingerprint density at radius 1 is 0.244 bits per heavy atom. The molecule has 86 heavy (non-hydrogen) atoms. The molecule has 8 heteroatoms. The molecular weight excluding hydrogens is 1050 g/mol. The van der Waals surface area contributed by atoms with Gasteiger partial charge in [-0.2, -0.15) is 0 Å². The molecule has 0 fully saturated rings. The van der Waals surface area contributed by atoms with Crippen LogP contribution in [0.3, 0.4) is 0 Å². The molecule has 4 aliphatic heterocycles. The molecule has 0 aliphatic carbocycles. The Morgan fingerprint density at radius 2 is 0.488 bits per heavy atom. The number of aromatic nitrogens is 8. The Labute approximate surface area is 512 Å². The van der Waals surface area contributed by atoms with E-state index in [9.17, 15) is 0 Å². The Kier molecular flexibility index (Phi) is 18.6. The van der Waals surface area contributed by atoms with Crippen molar-refractivity contribution < 1.29 is 0 Å². The van der Waals surface area contributed by atoms with E-state index >= 15 is 0 Å². The van der Waals surface area contributed by atoms with Crippen LogP contribution in [0.5, 0.6) is 0 Å². The van der Waals surface area contributed by atoms with Crippen LogP contribution in [0.15, 0.2) is 36.4 Å². The highest BCUT2D eigenvalue weighted by Crippen LogP contribution is 2.43. The minimum absolute atomic E-state index is 0.807. The normalized spacial score (nSPS) is 13.2. The smallest absolute Gasteiger partial charge is 0.0850 e. The molecule has 0 saturated heterocycles. The van der Waals surface area contributed by atoms with Gasteiger partial charge in [-0.1, -0.05) is 111 Å². The first-order valence-corrected chi connectivity index (χ1v) is 33.0. The SMILES string of the molecule is CCC1=C(CC)c2cc3[nH]c(cc4[nH]c(c(C#CC#CC#Cc5c6nc(cc7[nH]c(cc8nc(cc9[nH]c5c(CC)c9CC)C(CC)=C8CC)c(CC)c7CC)C(CC)=C6CC)c5nc(cc1n2)C(CC)=C5CC)c(CC)c4CC)c(CC)c3CC. The Morgan fingerprint density at radius 3 is 0.802 bits per heavy atom. The monoisotopic (exact) mass is 1140 g/mol. The molecule has 8 nitrogen and oxygen atoms in total. The zero-order valence-corrected chi connectivity index (χ0v) is 54.6. The van der Waals surface area contributed by atoms with Gasteiger partial charge in [0.25, 0.3) is 0 Å². The van der Waals surface area contributed by atoms with E-state index in [4.69, 9.17) is 19.9 Å². The van der Waals surface area contributed by atoms with Gasteiger partial charge in [0.1, 0.15) is 0 Å². The van der Waals surface area contributed by atoms with Crippen LogP contribution in [0.2, 0.25) is 0 Å². The largest absolute Gasteiger partial charge is 0.355 e. The van der Waals surface area contributed by atoms with E-state index in [1.54, 1.807) is 0 Å². The fourth-order valence-corrected chi connectivity index (χ4v) is 14.9. The maximum Gasteiger partial charge on any atom is 0.0850 e. The van der Waals surface area contributed by atoms with Crippen LogP contribution in [-0.4, -0.2) is 39.9 Å². The predicted molar refractivity (Wildman–Crippen MR) is 368 cm³/mol.